The van der Waals surface area contributed by atoms with E-state index in [1.54, 1.807) is 24.3 Å². The zero-order valence-electron chi connectivity index (χ0n) is 9.38. The minimum absolute atomic E-state index is 0.248. The summed E-state index contributed by atoms with van der Waals surface area (Å²) in [5.41, 5.74) is 1.46. The Kier molecular flexibility index (Phi) is 3.74. The smallest absolute Gasteiger partial charge is 0.257 e. The van der Waals surface area contributed by atoms with Gasteiger partial charge in [-0.2, -0.15) is 0 Å². The molecule has 0 saturated heterocycles. The van der Waals surface area contributed by atoms with E-state index in [-0.39, 0.29) is 12.5 Å². The van der Waals surface area contributed by atoms with Crippen LogP contribution in [0, 0.1) is 11.8 Å². The van der Waals surface area contributed by atoms with Crippen LogP contribution in [0.15, 0.2) is 41.2 Å². The van der Waals surface area contributed by atoms with E-state index in [0.29, 0.717) is 16.8 Å². The Bertz CT molecular complexity index is 594. The number of carbonyl (C=O) groups is 1. The van der Waals surface area contributed by atoms with E-state index in [0.717, 1.165) is 0 Å². The Morgan fingerprint density at radius 3 is 3.00 bits per heavy atom. The highest BCUT2D eigenvalue weighted by molar-refractivity contribution is 6.05. The summed E-state index contributed by atoms with van der Waals surface area (Å²) in [6.07, 6.45) is 2.74. The molecule has 2 rings (SSSR count). The van der Waals surface area contributed by atoms with Crippen molar-refractivity contribution >= 4 is 11.6 Å². The molecule has 1 aromatic heterocycles. The number of carbonyl (C=O) groups excluding carboxylic acids is 1. The van der Waals surface area contributed by atoms with Crippen molar-refractivity contribution in [3.63, 3.8) is 0 Å². The molecule has 18 heavy (non-hydrogen) atoms. The van der Waals surface area contributed by atoms with Gasteiger partial charge in [-0.1, -0.05) is 29.1 Å². The van der Waals surface area contributed by atoms with Gasteiger partial charge in [0.2, 0.25) is 0 Å². The highest BCUT2D eigenvalue weighted by Gasteiger charge is 2.10. The largest absolute Gasteiger partial charge is 0.384 e. The SMILES string of the molecule is O=C(Nc1cnoc1)c1ccccc1C#CCO. The molecule has 1 aromatic carbocycles. The van der Waals surface area contributed by atoms with Gasteiger partial charge < -0.3 is 14.9 Å². The molecule has 0 bridgehead atoms. The van der Waals surface area contributed by atoms with E-state index in [9.17, 15) is 4.79 Å². The number of nitrogens with one attached hydrogen (secondary N) is 1. The molecule has 5 heteroatoms. The fraction of sp³-hybridized carbons (Fsp3) is 0.0769. The number of rotatable bonds is 2. The van der Waals surface area contributed by atoms with Crippen LogP contribution in [-0.2, 0) is 0 Å². The average molecular weight is 242 g/mol. The predicted molar refractivity (Wildman–Crippen MR) is 64.9 cm³/mol. The molecule has 5 nitrogen and oxygen atoms in total. The Morgan fingerprint density at radius 2 is 2.28 bits per heavy atom. The zero-order chi connectivity index (χ0) is 12.8. The molecule has 1 heterocycles. The first-order valence-electron chi connectivity index (χ1n) is 5.21. The van der Waals surface area contributed by atoms with Gasteiger partial charge >= 0.3 is 0 Å². The van der Waals surface area contributed by atoms with Crippen molar-refractivity contribution < 1.29 is 14.4 Å². The Morgan fingerprint density at radius 1 is 1.44 bits per heavy atom. The number of benzene rings is 1. The summed E-state index contributed by atoms with van der Waals surface area (Å²) < 4.78 is 4.62. The first kappa shape index (κ1) is 11.9. The van der Waals surface area contributed by atoms with Crippen LogP contribution in [0.25, 0.3) is 0 Å². The molecule has 0 atom stereocenters. The van der Waals surface area contributed by atoms with Crippen molar-refractivity contribution in [1.29, 1.82) is 0 Å². The molecule has 2 aromatic rings. The van der Waals surface area contributed by atoms with Gasteiger partial charge in [0.25, 0.3) is 5.91 Å². The van der Waals surface area contributed by atoms with E-state index in [2.05, 4.69) is 26.8 Å². The third-order valence-corrected chi connectivity index (χ3v) is 2.16. The van der Waals surface area contributed by atoms with Crippen LogP contribution in [0.4, 0.5) is 5.69 Å². The molecule has 0 aliphatic rings. The maximum absolute atomic E-state index is 12.0. The van der Waals surface area contributed by atoms with Crippen LogP contribution >= 0.6 is 0 Å². The lowest BCUT2D eigenvalue weighted by Crippen LogP contribution is -2.12. The van der Waals surface area contributed by atoms with E-state index in [1.807, 2.05) is 0 Å². The molecular weight excluding hydrogens is 232 g/mol. The van der Waals surface area contributed by atoms with Gasteiger partial charge in [-0.3, -0.25) is 4.79 Å². The van der Waals surface area contributed by atoms with E-state index in [4.69, 9.17) is 5.11 Å². The molecule has 0 unspecified atom stereocenters. The molecule has 0 aliphatic heterocycles. The number of amides is 1. The minimum atomic E-state index is -0.305. The van der Waals surface area contributed by atoms with Crippen LogP contribution in [0.1, 0.15) is 15.9 Å². The van der Waals surface area contributed by atoms with E-state index < -0.39 is 0 Å². The molecule has 0 fully saturated rings. The molecule has 0 saturated carbocycles. The predicted octanol–water partition coefficient (Wildman–Crippen LogP) is 1.27. The van der Waals surface area contributed by atoms with Crippen LogP contribution in [0.5, 0.6) is 0 Å². The standard InChI is InChI=1S/C13H10N2O3/c16-7-3-5-10-4-1-2-6-12(10)13(17)15-11-8-14-18-9-11/h1-2,4,6,8-9,16H,7H2,(H,15,17). The topological polar surface area (TPSA) is 75.4 Å². The summed E-state index contributed by atoms with van der Waals surface area (Å²) in [5, 5.41) is 14.8. The lowest BCUT2D eigenvalue weighted by molar-refractivity contribution is 0.102. The normalized spacial score (nSPS) is 9.39. The monoisotopic (exact) mass is 242 g/mol. The number of aromatic nitrogens is 1. The Balaban J connectivity index is 2.24. The van der Waals surface area contributed by atoms with Gasteiger partial charge in [-0.25, -0.2) is 0 Å². The van der Waals surface area contributed by atoms with Gasteiger partial charge in [-0.15, -0.1) is 0 Å². The summed E-state index contributed by atoms with van der Waals surface area (Å²) >= 11 is 0. The molecule has 0 aliphatic carbocycles. The van der Waals surface area contributed by atoms with Gasteiger partial charge in [0, 0.05) is 5.56 Å². The lowest BCUT2D eigenvalue weighted by Gasteiger charge is -2.04. The number of aliphatic hydroxyl groups is 1. The van der Waals surface area contributed by atoms with Crippen molar-refractivity contribution in [3.8, 4) is 11.8 Å². The van der Waals surface area contributed by atoms with Crippen molar-refractivity contribution in [2.24, 2.45) is 0 Å². The number of hydrogen-bond donors (Lipinski definition) is 2. The van der Waals surface area contributed by atoms with Gasteiger partial charge in [-0.05, 0) is 12.1 Å². The number of anilines is 1. The van der Waals surface area contributed by atoms with Crippen LogP contribution < -0.4 is 5.32 Å². The molecule has 0 radical (unpaired) electrons. The van der Waals surface area contributed by atoms with Crippen molar-refractivity contribution in [1.82, 2.24) is 5.16 Å². The molecule has 1 amide bonds. The fourth-order valence-electron chi connectivity index (χ4n) is 1.39. The Hall–Kier alpha value is -2.58. The summed E-state index contributed by atoms with van der Waals surface area (Å²) in [4.78, 5) is 12.0. The number of hydrogen-bond acceptors (Lipinski definition) is 4. The van der Waals surface area contributed by atoms with E-state index >= 15 is 0 Å². The average Bonchev–Trinajstić information content (AvgIpc) is 2.89. The first-order chi connectivity index (χ1) is 8.81. The van der Waals surface area contributed by atoms with Crippen molar-refractivity contribution in [2.45, 2.75) is 0 Å². The van der Waals surface area contributed by atoms with Gasteiger partial charge in [0.05, 0.1) is 11.8 Å². The summed E-state index contributed by atoms with van der Waals surface area (Å²) in [6.45, 7) is -0.248. The highest BCUT2D eigenvalue weighted by Crippen LogP contribution is 2.11. The number of nitrogens with zero attached hydrogens (tertiary/aromatic N) is 1. The highest BCUT2D eigenvalue weighted by atomic mass is 16.5. The quantitative estimate of drug-likeness (QED) is 0.778. The maximum atomic E-state index is 12.0. The second-order valence-electron chi connectivity index (χ2n) is 3.37. The number of aliphatic hydroxyl groups excluding tert-OH is 1. The minimum Gasteiger partial charge on any atom is -0.384 e. The second-order valence-corrected chi connectivity index (χ2v) is 3.37. The van der Waals surface area contributed by atoms with Gasteiger partial charge in [0.1, 0.15) is 18.6 Å². The molecular formula is C13H10N2O3. The lowest BCUT2D eigenvalue weighted by atomic mass is 10.1. The fourth-order valence-corrected chi connectivity index (χ4v) is 1.39. The molecule has 2 N–H and O–H groups in total. The summed E-state index contributed by atoms with van der Waals surface area (Å²) in [5.74, 6) is 4.93. The second kappa shape index (κ2) is 5.66. The third-order valence-electron chi connectivity index (χ3n) is 2.16. The van der Waals surface area contributed by atoms with E-state index in [1.165, 1.54) is 12.5 Å². The van der Waals surface area contributed by atoms with Crippen molar-refractivity contribution in [2.75, 3.05) is 11.9 Å². The Labute approximate surface area is 103 Å². The third kappa shape index (κ3) is 2.75. The maximum Gasteiger partial charge on any atom is 0.257 e. The first-order valence-corrected chi connectivity index (χ1v) is 5.21. The van der Waals surface area contributed by atoms with Crippen LogP contribution in [0.2, 0.25) is 0 Å². The molecule has 0 spiro atoms. The van der Waals surface area contributed by atoms with Crippen molar-refractivity contribution in [3.05, 3.63) is 47.9 Å². The van der Waals surface area contributed by atoms with Crippen LogP contribution in [0.3, 0.4) is 0 Å². The summed E-state index contributed by atoms with van der Waals surface area (Å²) in [6, 6.07) is 6.89. The van der Waals surface area contributed by atoms with Crippen LogP contribution in [-0.4, -0.2) is 22.8 Å². The summed E-state index contributed by atoms with van der Waals surface area (Å²) in [7, 11) is 0. The van der Waals surface area contributed by atoms with Gasteiger partial charge in [0.15, 0.2) is 0 Å². The zero-order valence-corrected chi connectivity index (χ0v) is 9.38. The molecule has 90 valence electrons.